The highest BCUT2D eigenvalue weighted by atomic mass is 32.2. The minimum absolute atomic E-state index is 0.197. The molecule has 0 radical (unpaired) electrons. The zero-order valence-electron chi connectivity index (χ0n) is 12.8. The molecule has 1 atom stereocenters. The first-order chi connectivity index (χ1) is 8.90. The SMILES string of the molecule is CCC(CCSC#N)c1cc(C(C)(C)C)ccc1C. The van der Waals surface area contributed by atoms with Crippen molar-refractivity contribution in [2.75, 3.05) is 5.75 Å². The largest absolute Gasteiger partial charge is 0.185 e. The number of thiocyanates is 1. The van der Waals surface area contributed by atoms with Gasteiger partial charge in [0.05, 0.1) is 0 Å². The van der Waals surface area contributed by atoms with Gasteiger partial charge in [-0.25, -0.2) is 0 Å². The van der Waals surface area contributed by atoms with Crippen LogP contribution in [0.2, 0.25) is 0 Å². The lowest BCUT2D eigenvalue weighted by molar-refractivity contribution is 0.583. The predicted molar refractivity (Wildman–Crippen MR) is 85.6 cm³/mol. The number of hydrogen-bond donors (Lipinski definition) is 0. The Morgan fingerprint density at radius 1 is 1.32 bits per heavy atom. The molecule has 0 heterocycles. The summed E-state index contributed by atoms with van der Waals surface area (Å²) in [4.78, 5) is 0. The van der Waals surface area contributed by atoms with Gasteiger partial charge in [-0.2, -0.15) is 5.26 Å². The van der Waals surface area contributed by atoms with Crippen LogP contribution in [-0.2, 0) is 5.41 Å². The van der Waals surface area contributed by atoms with Gasteiger partial charge in [0.2, 0.25) is 0 Å². The van der Waals surface area contributed by atoms with Crippen LogP contribution >= 0.6 is 11.8 Å². The average Bonchev–Trinajstić information content (AvgIpc) is 2.34. The Hall–Kier alpha value is -0.940. The smallest absolute Gasteiger partial charge is 0.133 e. The van der Waals surface area contributed by atoms with Gasteiger partial charge in [-0.15, -0.1) is 0 Å². The van der Waals surface area contributed by atoms with E-state index in [2.05, 4.69) is 58.2 Å². The summed E-state index contributed by atoms with van der Waals surface area (Å²) in [5.74, 6) is 1.50. The molecular weight excluding hydrogens is 250 g/mol. The Morgan fingerprint density at radius 3 is 2.53 bits per heavy atom. The van der Waals surface area contributed by atoms with E-state index in [1.807, 2.05) is 0 Å². The summed E-state index contributed by atoms with van der Waals surface area (Å²) in [6.07, 6.45) is 2.23. The Bertz CT molecular complexity index is 451. The summed E-state index contributed by atoms with van der Waals surface area (Å²) in [5, 5.41) is 10.8. The van der Waals surface area contributed by atoms with E-state index in [9.17, 15) is 0 Å². The Balaban J connectivity index is 2.99. The maximum atomic E-state index is 8.64. The molecule has 1 nitrogen and oxygen atoms in total. The van der Waals surface area contributed by atoms with Gasteiger partial charge in [-0.1, -0.05) is 45.9 Å². The second-order valence-electron chi connectivity index (χ2n) is 6.15. The summed E-state index contributed by atoms with van der Waals surface area (Å²) < 4.78 is 0. The maximum absolute atomic E-state index is 8.64. The van der Waals surface area contributed by atoms with Crippen LogP contribution in [-0.4, -0.2) is 5.75 Å². The van der Waals surface area contributed by atoms with Gasteiger partial charge in [0.15, 0.2) is 0 Å². The molecule has 1 aromatic rings. The molecule has 0 saturated carbocycles. The molecule has 0 amide bonds. The number of nitriles is 1. The van der Waals surface area contributed by atoms with E-state index in [0.717, 1.165) is 18.6 Å². The highest BCUT2D eigenvalue weighted by molar-refractivity contribution is 8.03. The molecule has 1 unspecified atom stereocenters. The molecule has 0 aromatic heterocycles. The lowest BCUT2D eigenvalue weighted by atomic mass is 9.82. The number of nitrogens with zero attached hydrogens (tertiary/aromatic N) is 1. The monoisotopic (exact) mass is 275 g/mol. The fourth-order valence-electron chi connectivity index (χ4n) is 2.37. The van der Waals surface area contributed by atoms with Gasteiger partial charge < -0.3 is 0 Å². The number of rotatable bonds is 5. The van der Waals surface area contributed by atoms with Crippen molar-refractivity contribution < 1.29 is 0 Å². The van der Waals surface area contributed by atoms with Gasteiger partial charge in [-0.3, -0.25) is 0 Å². The summed E-state index contributed by atoms with van der Waals surface area (Å²) in [5.41, 5.74) is 4.44. The second kappa shape index (κ2) is 7.01. The second-order valence-corrected chi connectivity index (χ2v) is 7.03. The molecule has 0 aliphatic carbocycles. The van der Waals surface area contributed by atoms with Crippen molar-refractivity contribution in [1.29, 1.82) is 5.26 Å². The van der Waals surface area contributed by atoms with Crippen molar-refractivity contribution in [1.82, 2.24) is 0 Å². The van der Waals surface area contributed by atoms with Crippen LogP contribution in [0, 0.1) is 17.6 Å². The van der Waals surface area contributed by atoms with Crippen LogP contribution in [0.1, 0.15) is 63.1 Å². The third-order valence-electron chi connectivity index (χ3n) is 3.71. The Kier molecular flexibility index (Phi) is 5.94. The summed E-state index contributed by atoms with van der Waals surface area (Å²) in [7, 11) is 0. The molecule has 1 aromatic carbocycles. The van der Waals surface area contributed by atoms with Gasteiger partial charge in [0.25, 0.3) is 0 Å². The van der Waals surface area contributed by atoms with Crippen molar-refractivity contribution in [3.8, 4) is 5.40 Å². The van der Waals surface area contributed by atoms with Crippen molar-refractivity contribution >= 4 is 11.8 Å². The van der Waals surface area contributed by atoms with Crippen LogP contribution in [0.25, 0.3) is 0 Å². The van der Waals surface area contributed by atoms with Crippen LogP contribution in [0.3, 0.4) is 0 Å². The average molecular weight is 275 g/mol. The fraction of sp³-hybridized carbons (Fsp3) is 0.588. The zero-order valence-corrected chi connectivity index (χ0v) is 13.6. The minimum atomic E-state index is 0.197. The molecule has 2 heteroatoms. The summed E-state index contributed by atoms with van der Waals surface area (Å²) >= 11 is 1.37. The van der Waals surface area contributed by atoms with E-state index in [1.165, 1.54) is 28.5 Å². The van der Waals surface area contributed by atoms with Crippen LogP contribution < -0.4 is 0 Å². The molecule has 1 rings (SSSR count). The first kappa shape index (κ1) is 16.1. The highest BCUT2D eigenvalue weighted by Crippen LogP contribution is 2.32. The van der Waals surface area contributed by atoms with Crippen LogP contribution in [0.4, 0.5) is 0 Å². The van der Waals surface area contributed by atoms with Gasteiger partial charge in [0.1, 0.15) is 5.40 Å². The van der Waals surface area contributed by atoms with Crippen LogP contribution in [0.15, 0.2) is 18.2 Å². The third-order valence-corrected chi connectivity index (χ3v) is 4.28. The molecular formula is C17H25NS. The molecule has 104 valence electrons. The quantitative estimate of drug-likeness (QED) is 0.531. The van der Waals surface area contributed by atoms with Crippen molar-refractivity contribution in [2.45, 2.75) is 58.8 Å². The predicted octanol–water partition coefficient (Wildman–Crippen LogP) is 5.39. The number of benzene rings is 1. The first-order valence-electron chi connectivity index (χ1n) is 7.02. The van der Waals surface area contributed by atoms with Crippen LogP contribution in [0.5, 0.6) is 0 Å². The summed E-state index contributed by atoms with van der Waals surface area (Å²) in [6, 6.07) is 6.87. The minimum Gasteiger partial charge on any atom is -0.185 e. The van der Waals surface area contributed by atoms with Crippen molar-refractivity contribution in [2.24, 2.45) is 0 Å². The Morgan fingerprint density at radius 2 is 2.00 bits per heavy atom. The number of thioether (sulfide) groups is 1. The topological polar surface area (TPSA) is 23.8 Å². The van der Waals surface area contributed by atoms with Gasteiger partial charge >= 0.3 is 0 Å². The standard InChI is InChI=1S/C17H25NS/c1-6-14(9-10-19-12-18)16-11-15(17(3,4)5)8-7-13(16)2/h7-8,11,14H,6,9-10H2,1-5H3. The first-order valence-corrected chi connectivity index (χ1v) is 8.00. The van der Waals surface area contributed by atoms with E-state index in [1.54, 1.807) is 0 Å². The molecule has 0 aliphatic heterocycles. The summed E-state index contributed by atoms with van der Waals surface area (Å²) in [6.45, 7) is 11.2. The molecule has 19 heavy (non-hydrogen) atoms. The molecule has 0 bridgehead atoms. The normalized spacial score (nSPS) is 13.1. The number of aryl methyl sites for hydroxylation is 1. The van der Waals surface area contributed by atoms with E-state index in [4.69, 9.17) is 5.26 Å². The zero-order chi connectivity index (χ0) is 14.5. The molecule has 0 fully saturated rings. The molecule has 0 saturated heterocycles. The van der Waals surface area contributed by atoms with Gasteiger partial charge in [0, 0.05) is 5.75 Å². The molecule has 0 aliphatic rings. The van der Waals surface area contributed by atoms with Crippen molar-refractivity contribution in [3.63, 3.8) is 0 Å². The molecule has 0 N–H and O–H groups in total. The highest BCUT2D eigenvalue weighted by Gasteiger charge is 2.18. The van der Waals surface area contributed by atoms with E-state index < -0.39 is 0 Å². The third kappa shape index (κ3) is 4.58. The lowest BCUT2D eigenvalue weighted by Gasteiger charge is -2.24. The lowest BCUT2D eigenvalue weighted by Crippen LogP contribution is -2.13. The molecule has 0 spiro atoms. The fourth-order valence-corrected chi connectivity index (χ4v) is 2.87. The van der Waals surface area contributed by atoms with E-state index in [-0.39, 0.29) is 5.41 Å². The number of hydrogen-bond acceptors (Lipinski definition) is 2. The van der Waals surface area contributed by atoms with E-state index in [0.29, 0.717) is 5.92 Å². The maximum Gasteiger partial charge on any atom is 0.133 e. The Labute approximate surface area is 122 Å². The van der Waals surface area contributed by atoms with Crippen molar-refractivity contribution in [3.05, 3.63) is 34.9 Å². The van der Waals surface area contributed by atoms with E-state index >= 15 is 0 Å². The van der Waals surface area contributed by atoms with Gasteiger partial charge in [-0.05, 0) is 59.6 Å².